The Bertz CT molecular complexity index is 3190. The third-order valence-electron chi connectivity index (χ3n) is 12.1. The molecule has 0 atom stereocenters. The molecule has 0 bridgehead atoms. The Morgan fingerprint density at radius 1 is 0.333 bits per heavy atom. The number of hydrogen-bond donors (Lipinski definition) is 0. The van der Waals surface area contributed by atoms with Crippen LogP contribution in [0.4, 0.5) is 0 Å². The van der Waals surface area contributed by atoms with Gasteiger partial charge < -0.3 is 0 Å². The van der Waals surface area contributed by atoms with Gasteiger partial charge in [0.05, 0.1) is 11.4 Å². The standard InChI is InChI=1S/C55H38N2/c1-55(2)49-31-28-40(33-48(49)53-43-19-9-7-16-38(43)27-32-50(53)55)42-29-30-47(45-21-11-10-20-44(42)45)52-34-51(46-22-12-17-37-15-6-8-18-41(37)46)56-54(57-52)39-25-23-36(24-26-39)35-13-4-3-5-14-35/h3-34H,1-2H3. The van der Waals surface area contributed by atoms with Crippen LogP contribution in [-0.4, -0.2) is 9.97 Å². The molecule has 1 aliphatic carbocycles. The van der Waals surface area contributed by atoms with E-state index in [0.717, 1.165) is 39.0 Å². The second-order valence-electron chi connectivity index (χ2n) is 15.7. The smallest absolute Gasteiger partial charge is 0.160 e. The SMILES string of the molecule is CC1(C)c2ccc(-c3ccc(-c4cc(-c5cccc6ccccc56)nc(-c5ccc(-c6ccccc6)cc5)n4)c4ccccc34)cc2-c2c1ccc1ccccc21. The van der Waals surface area contributed by atoms with E-state index in [9.17, 15) is 0 Å². The Hall–Kier alpha value is -7.16. The summed E-state index contributed by atoms with van der Waals surface area (Å²) < 4.78 is 0. The zero-order chi connectivity index (χ0) is 38.1. The zero-order valence-electron chi connectivity index (χ0n) is 31.9. The first-order chi connectivity index (χ1) is 28.0. The summed E-state index contributed by atoms with van der Waals surface area (Å²) in [6.45, 7) is 4.72. The van der Waals surface area contributed by atoms with Gasteiger partial charge in [0.25, 0.3) is 0 Å². The fourth-order valence-corrected chi connectivity index (χ4v) is 9.21. The maximum absolute atomic E-state index is 5.34. The number of hydrogen-bond acceptors (Lipinski definition) is 2. The van der Waals surface area contributed by atoms with E-state index in [-0.39, 0.29) is 5.41 Å². The van der Waals surface area contributed by atoms with Crippen LogP contribution in [0.5, 0.6) is 0 Å². The van der Waals surface area contributed by atoms with Crippen molar-refractivity contribution in [1.29, 1.82) is 0 Å². The minimum atomic E-state index is -0.0759. The molecule has 57 heavy (non-hydrogen) atoms. The highest BCUT2D eigenvalue weighted by Gasteiger charge is 2.36. The van der Waals surface area contributed by atoms with Crippen molar-refractivity contribution < 1.29 is 0 Å². The molecule has 268 valence electrons. The maximum Gasteiger partial charge on any atom is 0.160 e. The highest BCUT2D eigenvalue weighted by molar-refractivity contribution is 6.07. The molecule has 1 heterocycles. The summed E-state index contributed by atoms with van der Waals surface area (Å²) >= 11 is 0. The molecule has 2 heteroatoms. The van der Waals surface area contributed by atoms with Crippen LogP contribution in [-0.2, 0) is 5.41 Å². The average molecular weight is 727 g/mol. The van der Waals surface area contributed by atoms with Crippen LogP contribution in [0, 0.1) is 0 Å². The third-order valence-corrected chi connectivity index (χ3v) is 12.1. The van der Waals surface area contributed by atoms with E-state index >= 15 is 0 Å². The highest BCUT2D eigenvalue weighted by Crippen LogP contribution is 2.52. The minimum Gasteiger partial charge on any atom is -0.228 e. The molecule has 0 spiro atoms. The van der Waals surface area contributed by atoms with E-state index in [2.05, 4.69) is 208 Å². The summed E-state index contributed by atoms with van der Waals surface area (Å²) in [5.41, 5.74) is 15.1. The van der Waals surface area contributed by atoms with Gasteiger partial charge in [0.15, 0.2) is 5.82 Å². The number of nitrogens with zero attached hydrogens (tertiary/aromatic N) is 2. The van der Waals surface area contributed by atoms with E-state index < -0.39 is 0 Å². The van der Waals surface area contributed by atoms with Crippen molar-refractivity contribution in [3.8, 4) is 67.3 Å². The molecule has 0 aliphatic heterocycles. The Morgan fingerprint density at radius 3 is 1.61 bits per heavy atom. The number of fused-ring (bicyclic) bond motifs is 7. The third kappa shape index (κ3) is 5.40. The summed E-state index contributed by atoms with van der Waals surface area (Å²) in [5.74, 6) is 0.704. The van der Waals surface area contributed by atoms with Gasteiger partial charge in [-0.2, -0.15) is 0 Å². The molecule has 0 fully saturated rings. The minimum absolute atomic E-state index is 0.0759. The first-order valence-electron chi connectivity index (χ1n) is 19.7. The second kappa shape index (κ2) is 13.0. The molecule has 0 amide bonds. The molecule has 0 radical (unpaired) electrons. The Morgan fingerprint density at radius 2 is 0.860 bits per heavy atom. The lowest BCUT2D eigenvalue weighted by molar-refractivity contribution is 0.661. The number of rotatable bonds is 5. The summed E-state index contributed by atoms with van der Waals surface area (Å²) in [5, 5.41) is 7.31. The number of benzene rings is 9. The predicted molar refractivity (Wildman–Crippen MR) is 239 cm³/mol. The van der Waals surface area contributed by atoms with Crippen molar-refractivity contribution in [2.24, 2.45) is 0 Å². The second-order valence-corrected chi connectivity index (χ2v) is 15.7. The summed E-state index contributed by atoms with van der Waals surface area (Å²) in [6, 6.07) is 70.1. The first-order valence-corrected chi connectivity index (χ1v) is 19.7. The molecule has 0 saturated carbocycles. The van der Waals surface area contributed by atoms with Gasteiger partial charge in [0.1, 0.15) is 0 Å². The molecular formula is C55H38N2. The van der Waals surface area contributed by atoms with Gasteiger partial charge in [0, 0.05) is 22.1 Å². The van der Waals surface area contributed by atoms with E-state index in [1.54, 1.807) is 0 Å². The van der Waals surface area contributed by atoms with Crippen LogP contribution >= 0.6 is 0 Å². The van der Waals surface area contributed by atoms with Gasteiger partial charge in [-0.15, -0.1) is 0 Å². The highest BCUT2D eigenvalue weighted by atomic mass is 14.9. The van der Waals surface area contributed by atoms with E-state index in [1.807, 2.05) is 0 Å². The molecule has 1 aliphatic rings. The Labute approximate surface area is 332 Å². The zero-order valence-corrected chi connectivity index (χ0v) is 31.9. The van der Waals surface area contributed by atoms with Crippen molar-refractivity contribution in [2.75, 3.05) is 0 Å². The van der Waals surface area contributed by atoms with Crippen LogP contribution in [0.1, 0.15) is 25.0 Å². The van der Waals surface area contributed by atoms with Crippen LogP contribution in [0.2, 0.25) is 0 Å². The van der Waals surface area contributed by atoms with Gasteiger partial charge in [-0.1, -0.05) is 196 Å². The average Bonchev–Trinajstić information content (AvgIpc) is 3.51. The van der Waals surface area contributed by atoms with Gasteiger partial charge in [-0.3, -0.25) is 0 Å². The summed E-state index contributed by atoms with van der Waals surface area (Å²) in [7, 11) is 0. The van der Waals surface area contributed by atoms with Gasteiger partial charge in [-0.25, -0.2) is 9.97 Å². The Balaban J connectivity index is 1.08. The van der Waals surface area contributed by atoms with Crippen LogP contribution < -0.4 is 0 Å². The lowest BCUT2D eigenvalue weighted by Crippen LogP contribution is -2.14. The van der Waals surface area contributed by atoms with Crippen molar-refractivity contribution in [3.63, 3.8) is 0 Å². The molecule has 1 aromatic heterocycles. The van der Waals surface area contributed by atoms with Crippen LogP contribution in [0.25, 0.3) is 99.6 Å². The monoisotopic (exact) mass is 726 g/mol. The summed E-state index contributed by atoms with van der Waals surface area (Å²) in [4.78, 5) is 10.6. The number of aromatic nitrogens is 2. The molecule has 9 aromatic carbocycles. The van der Waals surface area contributed by atoms with Gasteiger partial charge in [0.2, 0.25) is 0 Å². The molecular weight excluding hydrogens is 689 g/mol. The summed E-state index contributed by atoms with van der Waals surface area (Å²) in [6.07, 6.45) is 0. The van der Waals surface area contributed by atoms with E-state index in [1.165, 1.54) is 65.9 Å². The molecule has 0 unspecified atom stereocenters. The molecule has 0 saturated heterocycles. The topological polar surface area (TPSA) is 25.8 Å². The fourth-order valence-electron chi connectivity index (χ4n) is 9.21. The first kappa shape index (κ1) is 33.2. The Kier molecular flexibility index (Phi) is 7.55. The van der Waals surface area contributed by atoms with Crippen molar-refractivity contribution in [3.05, 3.63) is 205 Å². The lowest BCUT2D eigenvalue weighted by Gasteiger charge is -2.22. The van der Waals surface area contributed by atoms with Crippen LogP contribution in [0.15, 0.2) is 194 Å². The van der Waals surface area contributed by atoms with Crippen molar-refractivity contribution in [2.45, 2.75) is 19.3 Å². The maximum atomic E-state index is 5.34. The molecule has 0 N–H and O–H groups in total. The predicted octanol–water partition coefficient (Wildman–Crippen LogP) is 14.6. The van der Waals surface area contributed by atoms with E-state index in [4.69, 9.17) is 9.97 Å². The fraction of sp³-hybridized carbons (Fsp3) is 0.0545. The molecule has 11 rings (SSSR count). The normalized spacial score (nSPS) is 12.9. The van der Waals surface area contributed by atoms with Crippen molar-refractivity contribution in [1.82, 2.24) is 9.97 Å². The quantitative estimate of drug-likeness (QED) is 0.176. The lowest BCUT2D eigenvalue weighted by atomic mass is 9.81. The van der Waals surface area contributed by atoms with Gasteiger partial charge in [-0.05, 0) is 89.0 Å². The molecule has 10 aromatic rings. The largest absolute Gasteiger partial charge is 0.228 e. The van der Waals surface area contributed by atoms with E-state index in [0.29, 0.717) is 5.82 Å². The van der Waals surface area contributed by atoms with Crippen LogP contribution in [0.3, 0.4) is 0 Å². The van der Waals surface area contributed by atoms with Crippen molar-refractivity contribution >= 4 is 32.3 Å². The molecule has 2 nitrogen and oxygen atoms in total. The van der Waals surface area contributed by atoms with Gasteiger partial charge >= 0.3 is 0 Å².